The second-order valence-corrected chi connectivity index (χ2v) is 6.70. The lowest BCUT2D eigenvalue weighted by atomic mass is 10.3. The topological polar surface area (TPSA) is 84.5 Å². The molecule has 6 nitrogen and oxygen atoms in total. The van der Waals surface area contributed by atoms with E-state index in [4.69, 9.17) is 4.74 Å². The molecule has 0 saturated heterocycles. The molecule has 0 spiro atoms. The van der Waals surface area contributed by atoms with E-state index in [9.17, 15) is 13.2 Å². The molecule has 0 unspecified atom stereocenters. The van der Waals surface area contributed by atoms with Crippen LogP contribution in [0.3, 0.4) is 0 Å². The maximum absolute atomic E-state index is 11.9. The van der Waals surface area contributed by atoms with Crippen molar-refractivity contribution in [3.05, 3.63) is 22.7 Å². The van der Waals surface area contributed by atoms with Crippen LogP contribution in [-0.4, -0.2) is 21.4 Å². The number of benzene rings is 1. The fraction of sp³-hybridized carbons (Fsp3) is 0.364. The minimum Gasteiger partial charge on any atom is -0.496 e. The van der Waals surface area contributed by atoms with Crippen LogP contribution in [0.5, 0.6) is 5.75 Å². The SMILES string of the molecule is COc1ccc(S(=O)(=O)NNC(=O)C2CC2)cc1Br. The van der Waals surface area contributed by atoms with Gasteiger partial charge in [0.2, 0.25) is 5.91 Å². The van der Waals surface area contributed by atoms with Crippen molar-refractivity contribution in [1.29, 1.82) is 0 Å². The van der Waals surface area contributed by atoms with E-state index in [1.807, 2.05) is 0 Å². The van der Waals surface area contributed by atoms with Gasteiger partial charge in [0.15, 0.2) is 0 Å². The van der Waals surface area contributed by atoms with Gasteiger partial charge < -0.3 is 4.74 Å². The fourth-order valence-corrected chi connectivity index (χ4v) is 3.00. The zero-order chi connectivity index (χ0) is 14.0. The molecule has 104 valence electrons. The predicted molar refractivity (Wildman–Crippen MR) is 71.9 cm³/mol. The number of methoxy groups -OCH3 is 1. The van der Waals surface area contributed by atoms with Gasteiger partial charge in [0.25, 0.3) is 10.0 Å². The van der Waals surface area contributed by atoms with E-state index in [0.29, 0.717) is 10.2 Å². The van der Waals surface area contributed by atoms with E-state index in [1.54, 1.807) is 0 Å². The molecular formula is C11H13BrN2O4S. The molecule has 19 heavy (non-hydrogen) atoms. The maximum atomic E-state index is 11.9. The highest BCUT2D eigenvalue weighted by Gasteiger charge is 2.30. The number of amides is 1. The number of hydrogen-bond donors (Lipinski definition) is 2. The lowest BCUT2D eigenvalue weighted by molar-refractivity contribution is -0.122. The van der Waals surface area contributed by atoms with E-state index in [0.717, 1.165) is 12.8 Å². The Labute approximate surface area is 119 Å². The quantitative estimate of drug-likeness (QED) is 0.782. The molecular weight excluding hydrogens is 336 g/mol. The second kappa shape index (κ2) is 5.48. The van der Waals surface area contributed by atoms with Crippen LogP contribution in [0.25, 0.3) is 0 Å². The molecule has 0 bridgehead atoms. The number of rotatable bonds is 5. The van der Waals surface area contributed by atoms with Crippen molar-refractivity contribution in [2.45, 2.75) is 17.7 Å². The normalized spacial score (nSPS) is 15.1. The Morgan fingerprint density at radius 2 is 2.11 bits per heavy atom. The van der Waals surface area contributed by atoms with Gasteiger partial charge in [0, 0.05) is 5.92 Å². The molecule has 1 fully saturated rings. The van der Waals surface area contributed by atoms with Crippen LogP contribution in [0.4, 0.5) is 0 Å². The van der Waals surface area contributed by atoms with Gasteiger partial charge in [-0.1, -0.05) is 0 Å². The summed E-state index contributed by atoms with van der Waals surface area (Å²) in [6, 6.07) is 4.33. The third-order valence-corrected chi connectivity index (χ3v) is 4.56. The Hall–Kier alpha value is -1.12. The highest BCUT2D eigenvalue weighted by molar-refractivity contribution is 9.10. The van der Waals surface area contributed by atoms with Gasteiger partial charge in [-0.3, -0.25) is 10.2 Å². The second-order valence-electron chi connectivity index (χ2n) is 4.17. The third kappa shape index (κ3) is 3.46. The summed E-state index contributed by atoms with van der Waals surface area (Å²) in [5.74, 6) is 0.169. The van der Waals surface area contributed by atoms with E-state index in [2.05, 4.69) is 26.2 Å². The van der Waals surface area contributed by atoms with Crippen LogP contribution in [0.15, 0.2) is 27.6 Å². The molecule has 0 radical (unpaired) electrons. The number of halogens is 1. The van der Waals surface area contributed by atoms with Crippen molar-refractivity contribution < 1.29 is 17.9 Å². The number of ether oxygens (including phenoxy) is 1. The first kappa shape index (κ1) is 14.3. The van der Waals surface area contributed by atoms with Crippen molar-refractivity contribution >= 4 is 31.9 Å². The summed E-state index contributed by atoms with van der Waals surface area (Å²) >= 11 is 3.21. The summed E-state index contributed by atoms with van der Waals surface area (Å²) in [6.07, 6.45) is 1.61. The monoisotopic (exact) mass is 348 g/mol. The van der Waals surface area contributed by atoms with Gasteiger partial charge in [0.1, 0.15) is 5.75 Å². The first-order valence-electron chi connectivity index (χ1n) is 5.59. The van der Waals surface area contributed by atoms with Crippen molar-refractivity contribution in [1.82, 2.24) is 10.3 Å². The Bertz CT molecular complexity index is 599. The molecule has 1 aliphatic rings. The molecule has 0 aromatic heterocycles. The largest absolute Gasteiger partial charge is 0.496 e. The third-order valence-electron chi connectivity index (χ3n) is 2.69. The van der Waals surface area contributed by atoms with Gasteiger partial charge >= 0.3 is 0 Å². The summed E-state index contributed by atoms with van der Waals surface area (Å²) in [5.41, 5.74) is 2.21. The van der Waals surface area contributed by atoms with Crippen LogP contribution in [0.2, 0.25) is 0 Å². The smallest absolute Gasteiger partial charge is 0.257 e. The standard InChI is InChI=1S/C11H13BrN2O4S/c1-18-10-5-4-8(6-9(10)12)19(16,17)14-13-11(15)7-2-3-7/h4-7,14H,2-3H2,1H3,(H,13,15). The highest BCUT2D eigenvalue weighted by Crippen LogP contribution is 2.29. The number of carbonyl (C=O) groups is 1. The first-order chi connectivity index (χ1) is 8.94. The van der Waals surface area contributed by atoms with Gasteiger partial charge in [-0.2, -0.15) is 0 Å². The molecule has 1 aliphatic carbocycles. The molecule has 1 amide bonds. The Balaban J connectivity index is 2.10. The Kier molecular flexibility index (Phi) is 4.12. The van der Waals surface area contributed by atoms with Crippen LogP contribution in [0, 0.1) is 5.92 Å². The molecule has 1 saturated carbocycles. The fourth-order valence-electron chi connectivity index (χ4n) is 1.44. The van der Waals surface area contributed by atoms with Gasteiger partial charge in [0.05, 0.1) is 16.5 Å². The molecule has 0 heterocycles. The average molecular weight is 349 g/mol. The van der Waals surface area contributed by atoms with E-state index in [1.165, 1.54) is 25.3 Å². The molecule has 1 aromatic carbocycles. The van der Waals surface area contributed by atoms with E-state index < -0.39 is 10.0 Å². The van der Waals surface area contributed by atoms with Crippen LogP contribution in [0.1, 0.15) is 12.8 Å². The van der Waals surface area contributed by atoms with Crippen molar-refractivity contribution in [3.8, 4) is 5.75 Å². The highest BCUT2D eigenvalue weighted by atomic mass is 79.9. The van der Waals surface area contributed by atoms with E-state index in [-0.39, 0.29) is 16.7 Å². The average Bonchev–Trinajstić information content (AvgIpc) is 3.20. The van der Waals surface area contributed by atoms with E-state index >= 15 is 0 Å². The molecule has 0 atom stereocenters. The van der Waals surface area contributed by atoms with Crippen LogP contribution in [-0.2, 0) is 14.8 Å². The van der Waals surface area contributed by atoms with Crippen molar-refractivity contribution in [3.63, 3.8) is 0 Å². The zero-order valence-corrected chi connectivity index (χ0v) is 12.5. The molecule has 1 aromatic rings. The van der Waals surface area contributed by atoms with Gasteiger partial charge in [-0.05, 0) is 47.0 Å². The minimum absolute atomic E-state index is 0.0382. The molecule has 8 heteroatoms. The number of sulfonamides is 1. The van der Waals surface area contributed by atoms with Gasteiger partial charge in [-0.15, -0.1) is 4.83 Å². The maximum Gasteiger partial charge on any atom is 0.257 e. The van der Waals surface area contributed by atoms with Crippen molar-refractivity contribution in [2.24, 2.45) is 5.92 Å². The molecule has 2 rings (SSSR count). The number of carbonyl (C=O) groups excluding carboxylic acids is 1. The summed E-state index contributed by atoms with van der Waals surface area (Å²) in [6.45, 7) is 0. The first-order valence-corrected chi connectivity index (χ1v) is 7.87. The zero-order valence-electron chi connectivity index (χ0n) is 10.1. The molecule has 2 N–H and O–H groups in total. The van der Waals surface area contributed by atoms with Crippen molar-refractivity contribution in [2.75, 3.05) is 7.11 Å². The Morgan fingerprint density at radius 1 is 1.42 bits per heavy atom. The van der Waals surface area contributed by atoms with Gasteiger partial charge in [-0.25, -0.2) is 8.42 Å². The Morgan fingerprint density at radius 3 is 2.63 bits per heavy atom. The summed E-state index contributed by atoms with van der Waals surface area (Å²) in [7, 11) is -2.29. The lowest BCUT2D eigenvalue weighted by Gasteiger charge is -2.09. The van der Waals surface area contributed by atoms with Crippen LogP contribution >= 0.6 is 15.9 Å². The molecule has 0 aliphatic heterocycles. The number of hydrazine groups is 1. The minimum atomic E-state index is -3.78. The summed E-state index contributed by atoms with van der Waals surface area (Å²) < 4.78 is 29.4. The summed E-state index contributed by atoms with van der Waals surface area (Å²) in [5, 5.41) is 0. The lowest BCUT2D eigenvalue weighted by Crippen LogP contribution is -2.42. The predicted octanol–water partition coefficient (Wildman–Crippen LogP) is 1.18. The number of hydrogen-bond acceptors (Lipinski definition) is 4. The summed E-state index contributed by atoms with van der Waals surface area (Å²) in [4.78, 5) is 13.5. The van der Waals surface area contributed by atoms with Crippen LogP contribution < -0.4 is 15.0 Å². The number of nitrogens with one attached hydrogen (secondary N) is 2.